The van der Waals surface area contributed by atoms with Gasteiger partial charge in [-0.3, -0.25) is 4.79 Å². The van der Waals surface area contributed by atoms with E-state index >= 15 is 0 Å². The smallest absolute Gasteiger partial charge is 0.255 e. The number of carbonyl (C=O) groups excluding carboxylic acids is 1. The maximum Gasteiger partial charge on any atom is 0.255 e. The fourth-order valence-electron chi connectivity index (χ4n) is 3.16. The second-order valence-electron chi connectivity index (χ2n) is 5.73. The van der Waals surface area contributed by atoms with Crippen molar-refractivity contribution >= 4 is 15.9 Å². The lowest BCUT2D eigenvalue weighted by molar-refractivity contribution is 0.0792. The summed E-state index contributed by atoms with van der Waals surface area (Å²) in [5.74, 6) is -0.0676. The minimum atomic E-state index is -3.33. The highest BCUT2D eigenvalue weighted by Crippen LogP contribution is 2.22. The van der Waals surface area contributed by atoms with Gasteiger partial charge in [-0.15, -0.1) is 0 Å². The summed E-state index contributed by atoms with van der Waals surface area (Å²) < 4.78 is 28.7. The Kier molecular flexibility index (Phi) is 4.97. The van der Waals surface area contributed by atoms with Gasteiger partial charge in [0.15, 0.2) is 0 Å². The van der Waals surface area contributed by atoms with Crippen molar-refractivity contribution in [1.82, 2.24) is 14.2 Å². The van der Waals surface area contributed by atoms with Gasteiger partial charge >= 0.3 is 0 Å². The maximum atomic E-state index is 12.7. The zero-order valence-electron chi connectivity index (χ0n) is 13.7. The van der Waals surface area contributed by atoms with E-state index in [0.717, 1.165) is 17.9 Å². The van der Waals surface area contributed by atoms with Gasteiger partial charge in [0, 0.05) is 37.6 Å². The van der Waals surface area contributed by atoms with Crippen molar-refractivity contribution in [3.63, 3.8) is 0 Å². The first-order chi connectivity index (χ1) is 10.3. The third-order valence-electron chi connectivity index (χ3n) is 4.34. The molecule has 1 atom stereocenters. The van der Waals surface area contributed by atoms with Crippen LogP contribution in [0.3, 0.4) is 0 Å². The van der Waals surface area contributed by atoms with E-state index in [1.807, 2.05) is 26.8 Å². The molecule has 0 unspecified atom stereocenters. The molecule has 1 aliphatic rings. The van der Waals surface area contributed by atoms with Crippen LogP contribution in [0, 0.1) is 13.8 Å². The lowest BCUT2D eigenvalue weighted by Crippen LogP contribution is -2.37. The second kappa shape index (κ2) is 6.42. The summed E-state index contributed by atoms with van der Waals surface area (Å²) in [4.78, 5) is 14.3. The van der Waals surface area contributed by atoms with Gasteiger partial charge in [-0.25, -0.2) is 13.1 Å². The maximum absolute atomic E-state index is 12.7. The number of carbonyl (C=O) groups is 1. The number of aromatic nitrogens is 1. The molecule has 22 heavy (non-hydrogen) atoms. The zero-order valence-corrected chi connectivity index (χ0v) is 14.5. The molecule has 1 aromatic rings. The van der Waals surface area contributed by atoms with Crippen molar-refractivity contribution < 1.29 is 13.2 Å². The number of hydrogen-bond acceptors (Lipinski definition) is 3. The molecule has 2 heterocycles. The molecule has 0 spiro atoms. The highest BCUT2D eigenvalue weighted by atomic mass is 32.2. The van der Waals surface area contributed by atoms with E-state index in [9.17, 15) is 13.2 Å². The Balaban J connectivity index is 2.16. The van der Waals surface area contributed by atoms with E-state index in [1.165, 1.54) is 0 Å². The van der Waals surface area contributed by atoms with Crippen LogP contribution < -0.4 is 4.72 Å². The Labute approximate surface area is 132 Å². The van der Waals surface area contributed by atoms with E-state index in [4.69, 9.17) is 0 Å². The van der Waals surface area contributed by atoms with Crippen molar-refractivity contribution in [2.24, 2.45) is 0 Å². The molecule has 1 fully saturated rings. The van der Waals surface area contributed by atoms with Crippen LogP contribution in [0.4, 0.5) is 0 Å². The molecule has 1 aromatic heterocycles. The molecule has 1 aliphatic heterocycles. The number of nitrogens with one attached hydrogen (secondary N) is 1. The van der Waals surface area contributed by atoms with E-state index in [0.29, 0.717) is 25.1 Å². The number of aryl methyl sites for hydroxylation is 1. The molecule has 1 N–H and O–H groups in total. The summed E-state index contributed by atoms with van der Waals surface area (Å²) in [7, 11) is -3.33. The lowest BCUT2D eigenvalue weighted by atomic mass is 10.2. The van der Waals surface area contributed by atoms with Crippen LogP contribution >= 0.6 is 0 Å². The molecular formula is C15H25N3O3S. The highest BCUT2D eigenvalue weighted by molar-refractivity contribution is 7.90. The molecule has 2 rings (SSSR count). The van der Waals surface area contributed by atoms with Crippen molar-refractivity contribution in [2.75, 3.05) is 19.6 Å². The molecule has 0 saturated carbocycles. The summed E-state index contributed by atoms with van der Waals surface area (Å²) in [5.41, 5.74) is 2.68. The highest BCUT2D eigenvalue weighted by Gasteiger charge is 2.35. The van der Waals surface area contributed by atoms with Gasteiger partial charge in [-0.2, -0.15) is 0 Å². The van der Waals surface area contributed by atoms with Gasteiger partial charge in [-0.05, 0) is 33.3 Å². The molecule has 1 saturated heterocycles. The van der Waals surface area contributed by atoms with Gasteiger partial charge in [0.05, 0.1) is 10.8 Å². The first-order valence-electron chi connectivity index (χ1n) is 7.76. The van der Waals surface area contributed by atoms with Crippen molar-refractivity contribution in [2.45, 2.75) is 45.9 Å². The fraction of sp³-hybridized carbons (Fsp3) is 0.667. The molecule has 7 heteroatoms. The third-order valence-corrected chi connectivity index (χ3v) is 6.29. The molecule has 6 nitrogen and oxygen atoms in total. The molecule has 0 aromatic carbocycles. The molecule has 0 radical (unpaired) electrons. The van der Waals surface area contributed by atoms with E-state index in [1.54, 1.807) is 11.8 Å². The van der Waals surface area contributed by atoms with Crippen molar-refractivity contribution in [3.8, 4) is 0 Å². The zero-order chi connectivity index (χ0) is 16.5. The number of sulfonamides is 1. The molecular weight excluding hydrogens is 302 g/mol. The van der Waals surface area contributed by atoms with Crippen molar-refractivity contribution in [3.05, 3.63) is 23.0 Å². The Morgan fingerprint density at radius 2 is 2.05 bits per heavy atom. The van der Waals surface area contributed by atoms with Crippen LogP contribution in [0.25, 0.3) is 0 Å². The van der Waals surface area contributed by atoms with Gasteiger partial charge < -0.3 is 9.47 Å². The lowest BCUT2D eigenvalue weighted by Gasteiger charge is -2.17. The Hall–Kier alpha value is -1.34. The quantitative estimate of drug-likeness (QED) is 0.885. The summed E-state index contributed by atoms with van der Waals surface area (Å²) in [6.07, 6.45) is 0.494. The van der Waals surface area contributed by atoms with Crippen LogP contribution in [-0.4, -0.2) is 48.7 Å². The van der Waals surface area contributed by atoms with Crippen molar-refractivity contribution in [1.29, 1.82) is 0 Å². The number of nitrogens with zero attached hydrogens (tertiary/aromatic N) is 2. The largest absolute Gasteiger partial charge is 0.349 e. The average molecular weight is 327 g/mol. The van der Waals surface area contributed by atoms with Crippen LogP contribution in [0.2, 0.25) is 0 Å². The first kappa shape index (κ1) is 17.0. The Bertz CT molecular complexity index is 664. The molecule has 124 valence electrons. The Morgan fingerprint density at radius 3 is 2.59 bits per heavy atom. The summed E-state index contributed by atoms with van der Waals surface area (Å²) in [6, 6.07) is 1.90. The van der Waals surface area contributed by atoms with Crippen LogP contribution in [-0.2, 0) is 16.6 Å². The SMILES string of the molecule is CCNS(=O)(=O)[C@H]1CCN(C(=O)c2cc(C)n(CC)c2C)C1. The summed E-state index contributed by atoms with van der Waals surface area (Å²) in [6.45, 7) is 9.68. The minimum Gasteiger partial charge on any atom is -0.349 e. The van der Waals surface area contributed by atoms with Crippen LogP contribution in [0.15, 0.2) is 6.07 Å². The molecule has 1 amide bonds. The third kappa shape index (κ3) is 3.05. The van der Waals surface area contributed by atoms with Crippen LogP contribution in [0.1, 0.15) is 42.0 Å². The van der Waals surface area contributed by atoms with Crippen LogP contribution in [0.5, 0.6) is 0 Å². The first-order valence-corrected chi connectivity index (χ1v) is 9.30. The van der Waals surface area contributed by atoms with E-state index in [-0.39, 0.29) is 12.5 Å². The summed E-state index contributed by atoms with van der Waals surface area (Å²) >= 11 is 0. The standard InChI is InChI=1S/C15H25N3O3S/c1-5-16-22(20,21)13-7-8-17(10-13)15(19)14-9-11(3)18(6-2)12(14)4/h9,13,16H,5-8,10H2,1-4H3/t13-/m0/s1. The predicted octanol–water partition coefficient (Wildman–Crippen LogP) is 1.28. The fourth-order valence-corrected chi connectivity index (χ4v) is 4.59. The normalized spacial score (nSPS) is 18.9. The van der Waals surface area contributed by atoms with E-state index in [2.05, 4.69) is 9.29 Å². The van der Waals surface area contributed by atoms with Gasteiger partial charge in [0.1, 0.15) is 0 Å². The number of amides is 1. The number of rotatable bonds is 5. The second-order valence-corrected chi connectivity index (χ2v) is 7.78. The van der Waals surface area contributed by atoms with Gasteiger partial charge in [0.25, 0.3) is 5.91 Å². The minimum absolute atomic E-state index is 0.0676. The van der Waals surface area contributed by atoms with Gasteiger partial charge in [0.2, 0.25) is 10.0 Å². The predicted molar refractivity (Wildman–Crippen MR) is 86.5 cm³/mol. The molecule has 0 aliphatic carbocycles. The Morgan fingerprint density at radius 1 is 1.36 bits per heavy atom. The monoisotopic (exact) mass is 327 g/mol. The summed E-state index contributed by atoms with van der Waals surface area (Å²) in [5, 5.41) is -0.508. The number of hydrogen-bond donors (Lipinski definition) is 1. The van der Waals surface area contributed by atoms with E-state index < -0.39 is 15.3 Å². The number of likely N-dealkylation sites (tertiary alicyclic amines) is 1. The topological polar surface area (TPSA) is 71.4 Å². The molecule has 0 bridgehead atoms. The average Bonchev–Trinajstić information content (AvgIpc) is 3.04. The van der Waals surface area contributed by atoms with Gasteiger partial charge in [-0.1, -0.05) is 6.92 Å².